The molecule has 0 amide bonds. The van der Waals surface area contributed by atoms with Crippen LogP contribution in [-0.4, -0.2) is 32.5 Å². The lowest BCUT2D eigenvalue weighted by molar-refractivity contribution is 0.230. The first-order chi connectivity index (χ1) is 13.2. The highest BCUT2D eigenvalue weighted by Crippen LogP contribution is 2.22. The van der Waals surface area contributed by atoms with E-state index in [-0.39, 0.29) is 6.10 Å². The van der Waals surface area contributed by atoms with Gasteiger partial charge in [-0.25, -0.2) is 15.0 Å². The molecule has 2 aromatic heterocycles. The lowest BCUT2D eigenvalue weighted by Gasteiger charge is -2.28. The van der Waals surface area contributed by atoms with Gasteiger partial charge in [-0.2, -0.15) is 0 Å². The van der Waals surface area contributed by atoms with Crippen molar-refractivity contribution in [1.82, 2.24) is 19.9 Å². The molecule has 1 aliphatic heterocycles. The molecule has 0 aliphatic carbocycles. The lowest BCUT2D eigenvalue weighted by Crippen LogP contribution is -2.31. The summed E-state index contributed by atoms with van der Waals surface area (Å²) in [6.07, 6.45) is 4.97. The maximum Gasteiger partial charge on any atom is 0.213 e. The summed E-state index contributed by atoms with van der Waals surface area (Å²) >= 11 is 0. The fraction of sp³-hybridized carbons (Fsp3) is 0.318. The van der Waals surface area contributed by atoms with Gasteiger partial charge in [-0.3, -0.25) is 4.90 Å². The highest BCUT2D eigenvalue weighted by Gasteiger charge is 2.19. The van der Waals surface area contributed by atoms with Crippen LogP contribution in [0.5, 0.6) is 5.88 Å². The quantitative estimate of drug-likeness (QED) is 0.691. The van der Waals surface area contributed by atoms with E-state index in [1.807, 2.05) is 50.5 Å². The molecule has 1 aliphatic rings. The first-order valence-electron chi connectivity index (χ1n) is 9.41. The summed E-state index contributed by atoms with van der Waals surface area (Å²) in [6.45, 7) is 6.74. The van der Waals surface area contributed by atoms with Crippen molar-refractivity contribution in [3.63, 3.8) is 0 Å². The van der Waals surface area contributed by atoms with Crippen molar-refractivity contribution in [3.8, 4) is 17.3 Å². The fourth-order valence-electron chi connectivity index (χ4n) is 3.31. The summed E-state index contributed by atoms with van der Waals surface area (Å²) in [5.41, 5.74) is 4.64. The second-order valence-corrected chi connectivity index (χ2v) is 7.16. The van der Waals surface area contributed by atoms with E-state index in [0.29, 0.717) is 5.88 Å². The van der Waals surface area contributed by atoms with Gasteiger partial charge in [0.05, 0.1) is 11.8 Å². The van der Waals surface area contributed by atoms with Crippen molar-refractivity contribution < 1.29 is 4.74 Å². The molecule has 0 saturated carbocycles. The van der Waals surface area contributed by atoms with Gasteiger partial charge >= 0.3 is 0 Å². The number of ether oxygens (including phenoxy) is 1. The summed E-state index contributed by atoms with van der Waals surface area (Å²) in [6, 6.07) is 14.2. The largest absolute Gasteiger partial charge is 0.475 e. The molecule has 0 spiro atoms. The molecule has 0 saturated heterocycles. The highest BCUT2D eigenvalue weighted by atomic mass is 16.5. The fourth-order valence-corrected chi connectivity index (χ4v) is 3.31. The molecule has 0 radical (unpaired) electrons. The number of hydrogen-bond donors (Lipinski definition) is 0. The van der Waals surface area contributed by atoms with Crippen LogP contribution in [0.3, 0.4) is 0 Å². The van der Waals surface area contributed by atoms with Crippen LogP contribution < -0.4 is 4.74 Å². The van der Waals surface area contributed by atoms with Gasteiger partial charge < -0.3 is 4.74 Å². The van der Waals surface area contributed by atoms with Crippen LogP contribution in [0.2, 0.25) is 0 Å². The molecule has 4 rings (SSSR count). The molecule has 0 bridgehead atoms. The Kier molecular flexibility index (Phi) is 5.12. The van der Waals surface area contributed by atoms with Gasteiger partial charge in [-0.1, -0.05) is 36.4 Å². The maximum absolute atomic E-state index is 5.61. The predicted molar refractivity (Wildman–Crippen MR) is 105 cm³/mol. The van der Waals surface area contributed by atoms with Gasteiger partial charge in [-0.15, -0.1) is 0 Å². The Balaban J connectivity index is 1.43. The number of benzene rings is 1. The summed E-state index contributed by atoms with van der Waals surface area (Å²) in [7, 11) is 0. The number of rotatable bonds is 5. The molecule has 0 fully saturated rings. The zero-order valence-corrected chi connectivity index (χ0v) is 15.8. The normalized spacial score (nSPS) is 14.2. The van der Waals surface area contributed by atoms with Gasteiger partial charge in [0, 0.05) is 55.6 Å². The molecule has 27 heavy (non-hydrogen) atoms. The molecular weight excluding hydrogens is 336 g/mol. The Morgan fingerprint density at radius 2 is 1.89 bits per heavy atom. The summed E-state index contributed by atoms with van der Waals surface area (Å²) in [4.78, 5) is 16.2. The average molecular weight is 360 g/mol. The number of hydrogen-bond acceptors (Lipinski definition) is 5. The molecule has 1 aromatic carbocycles. The molecule has 5 nitrogen and oxygen atoms in total. The molecule has 3 heterocycles. The molecular formula is C22H24N4O. The second kappa shape index (κ2) is 7.84. The molecule has 138 valence electrons. The lowest BCUT2D eigenvalue weighted by atomic mass is 10.1. The third kappa shape index (κ3) is 4.31. The SMILES string of the molecule is CC(C)Oc1ccc(CN2CCc3nc(-c4ccccc4)ncc3C2)cn1. The van der Waals surface area contributed by atoms with Crippen molar-refractivity contribution in [2.24, 2.45) is 0 Å². The third-order valence-electron chi connectivity index (χ3n) is 4.61. The minimum atomic E-state index is 0.141. The van der Waals surface area contributed by atoms with Crippen molar-refractivity contribution in [1.29, 1.82) is 0 Å². The standard InChI is InChI=1S/C22H24N4O/c1-16(2)27-21-9-8-17(12-23-21)14-26-11-10-20-19(15-26)13-24-22(25-20)18-6-4-3-5-7-18/h3-9,12-13,16H,10-11,14-15H2,1-2H3. The third-order valence-corrected chi connectivity index (χ3v) is 4.61. The average Bonchev–Trinajstić information content (AvgIpc) is 2.69. The van der Waals surface area contributed by atoms with E-state index in [1.54, 1.807) is 0 Å². The summed E-state index contributed by atoms with van der Waals surface area (Å²) in [5, 5.41) is 0. The Bertz CT molecular complexity index is 894. The highest BCUT2D eigenvalue weighted by molar-refractivity contribution is 5.54. The smallest absolute Gasteiger partial charge is 0.213 e. The second-order valence-electron chi connectivity index (χ2n) is 7.16. The first kappa shape index (κ1) is 17.6. The Labute approximate surface area is 160 Å². The Hall–Kier alpha value is -2.79. The van der Waals surface area contributed by atoms with Crippen LogP contribution in [0, 0.1) is 0 Å². The number of aromatic nitrogens is 3. The zero-order valence-electron chi connectivity index (χ0n) is 15.8. The molecule has 0 unspecified atom stereocenters. The van der Waals surface area contributed by atoms with E-state index in [0.717, 1.165) is 37.4 Å². The minimum Gasteiger partial charge on any atom is -0.475 e. The number of fused-ring (bicyclic) bond motifs is 1. The van der Waals surface area contributed by atoms with E-state index in [4.69, 9.17) is 9.72 Å². The van der Waals surface area contributed by atoms with Crippen molar-refractivity contribution in [3.05, 3.63) is 71.7 Å². The van der Waals surface area contributed by atoms with Crippen LogP contribution in [0.25, 0.3) is 11.4 Å². The van der Waals surface area contributed by atoms with Crippen molar-refractivity contribution in [2.45, 2.75) is 39.5 Å². The summed E-state index contributed by atoms with van der Waals surface area (Å²) < 4.78 is 5.61. The van der Waals surface area contributed by atoms with E-state index >= 15 is 0 Å². The topological polar surface area (TPSA) is 51.1 Å². The number of nitrogens with zero attached hydrogens (tertiary/aromatic N) is 4. The van der Waals surface area contributed by atoms with Crippen LogP contribution in [0.4, 0.5) is 0 Å². The first-order valence-corrected chi connectivity index (χ1v) is 9.41. The molecule has 0 N–H and O–H groups in total. The minimum absolute atomic E-state index is 0.141. The van der Waals surface area contributed by atoms with Gasteiger partial charge in [0.2, 0.25) is 5.88 Å². The summed E-state index contributed by atoms with van der Waals surface area (Å²) in [5.74, 6) is 1.49. The maximum atomic E-state index is 5.61. The monoisotopic (exact) mass is 360 g/mol. The van der Waals surface area contributed by atoms with Crippen molar-refractivity contribution in [2.75, 3.05) is 6.54 Å². The van der Waals surface area contributed by atoms with Gasteiger partial charge in [0.25, 0.3) is 0 Å². The van der Waals surface area contributed by atoms with E-state index in [2.05, 4.69) is 33.1 Å². The molecule has 3 aromatic rings. The van der Waals surface area contributed by atoms with E-state index in [1.165, 1.54) is 16.8 Å². The van der Waals surface area contributed by atoms with Gasteiger partial charge in [-0.05, 0) is 19.4 Å². The van der Waals surface area contributed by atoms with Gasteiger partial charge in [0.15, 0.2) is 5.82 Å². The van der Waals surface area contributed by atoms with Crippen LogP contribution in [-0.2, 0) is 19.5 Å². The van der Waals surface area contributed by atoms with E-state index < -0.39 is 0 Å². The predicted octanol–water partition coefficient (Wildman–Crippen LogP) is 3.88. The van der Waals surface area contributed by atoms with Crippen LogP contribution >= 0.6 is 0 Å². The Morgan fingerprint density at radius 1 is 1.04 bits per heavy atom. The zero-order chi connectivity index (χ0) is 18.6. The number of pyridine rings is 1. The molecule has 0 atom stereocenters. The van der Waals surface area contributed by atoms with Gasteiger partial charge in [0.1, 0.15) is 0 Å². The Morgan fingerprint density at radius 3 is 2.63 bits per heavy atom. The van der Waals surface area contributed by atoms with E-state index in [9.17, 15) is 0 Å². The van der Waals surface area contributed by atoms with Crippen LogP contribution in [0.15, 0.2) is 54.9 Å². The molecule has 5 heteroatoms. The van der Waals surface area contributed by atoms with Crippen LogP contribution in [0.1, 0.15) is 30.7 Å². The van der Waals surface area contributed by atoms with Crippen molar-refractivity contribution >= 4 is 0 Å².